The molecule has 23 heavy (non-hydrogen) atoms. The Kier molecular flexibility index (Phi) is 20.8. The molecule has 2 nitrogen and oxygen atoms in total. The highest BCUT2D eigenvalue weighted by molar-refractivity contribution is 6.21. The van der Waals surface area contributed by atoms with Gasteiger partial charge in [-0.25, -0.2) is 0 Å². The van der Waals surface area contributed by atoms with Gasteiger partial charge in [0.2, 0.25) is 0 Å². The van der Waals surface area contributed by atoms with Gasteiger partial charge >= 0.3 is 0 Å². The fraction of sp³-hybridized carbons (Fsp3) is 0.700. The van der Waals surface area contributed by atoms with Crippen LogP contribution in [-0.4, -0.2) is 34.6 Å². The molecular formula is C20H40ClNO. The number of allylic oxidation sites excluding steroid dienone is 2. The molecule has 0 bridgehead atoms. The Hall–Kier alpha value is -0.730. The minimum Gasteiger partial charge on any atom is -0.392 e. The first-order chi connectivity index (χ1) is 10.8. The van der Waals surface area contributed by atoms with E-state index in [1.165, 1.54) is 6.42 Å². The highest BCUT2D eigenvalue weighted by Crippen LogP contribution is 2.32. The van der Waals surface area contributed by atoms with E-state index in [2.05, 4.69) is 45.4 Å². The van der Waals surface area contributed by atoms with Crippen LogP contribution < -0.4 is 0 Å². The fourth-order valence-electron chi connectivity index (χ4n) is 2.19. The number of nitrogens with zero attached hydrogens (tertiary/aromatic N) is 1. The maximum absolute atomic E-state index is 9.76. The zero-order chi connectivity index (χ0) is 19.0. The lowest BCUT2D eigenvalue weighted by Crippen LogP contribution is -2.46. The Morgan fingerprint density at radius 3 is 2.00 bits per heavy atom. The lowest BCUT2D eigenvalue weighted by atomic mass is 9.83. The van der Waals surface area contributed by atoms with Gasteiger partial charge in [0.15, 0.2) is 0 Å². The lowest BCUT2D eigenvalue weighted by Gasteiger charge is -2.41. The van der Waals surface area contributed by atoms with Crippen molar-refractivity contribution in [2.24, 2.45) is 5.92 Å². The van der Waals surface area contributed by atoms with Gasteiger partial charge in [0, 0.05) is 18.8 Å². The number of aliphatic hydroxyl groups excluding tert-OH is 1. The molecule has 0 heterocycles. The second-order valence-corrected chi connectivity index (χ2v) is 6.08. The maximum atomic E-state index is 9.76. The summed E-state index contributed by atoms with van der Waals surface area (Å²) in [5, 5.41) is 9.65. The molecule has 138 valence electrons. The van der Waals surface area contributed by atoms with Gasteiger partial charge in [0.05, 0.1) is 11.5 Å². The number of aliphatic hydroxyl groups is 1. The van der Waals surface area contributed by atoms with E-state index >= 15 is 0 Å². The SMILES string of the molecule is C=CC.C=CC(=C)N(C)C1CC(O)C(Cl)CC1C.CC.CCC. The van der Waals surface area contributed by atoms with Crippen LogP contribution >= 0.6 is 11.6 Å². The van der Waals surface area contributed by atoms with Crippen molar-refractivity contribution in [3.05, 3.63) is 37.6 Å². The largest absolute Gasteiger partial charge is 0.392 e. The van der Waals surface area contributed by atoms with Gasteiger partial charge in [0.1, 0.15) is 0 Å². The van der Waals surface area contributed by atoms with Gasteiger partial charge in [-0.1, -0.05) is 60.3 Å². The summed E-state index contributed by atoms with van der Waals surface area (Å²) < 4.78 is 0. The number of hydrogen-bond donors (Lipinski definition) is 1. The van der Waals surface area contributed by atoms with E-state index in [-0.39, 0.29) is 5.38 Å². The zero-order valence-electron chi connectivity index (χ0n) is 16.5. The zero-order valence-corrected chi connectivity index (χ0v) is 17.2. The molecule has 1 aliphatic carbocycles. The molecule has 1 aliphatic rings. The molecule has 0 spiro atoms. The third kappa shape index (κ3) is 12.4. The molecule has 0 aromatic rings. The summed E-state index contributed by atoms with van der Waals surface area (Å²) in [6, 6.07) is 0.306. The topological polar surface area (TPSA) is 23.5 Å². The Labute approximate surface area is 150 Å². The van der Waals surface area contributed by atoms with Crippen LogP contribution in [0.1, 0.15) is 60.8 Å². The number of rotatable bonds is 3. The van der Waals surface area contributed by atoms with Crippen molar-refractivity contribution in [1.29, 1.82) is 0 Å². The standard InChI is InChI=1S/C12H20ClNO.C3H8.C3H6.C2H6/c1-5-9(3)14(4)11-7-12(15)10(13)6-8(11)2;2*1-3-2;1-2/h5,8,10-12,15H,1,3,6-7H2,2,4H3;3H2,1-2H3;3H,1H2,2H3;1-2H3. The van der Waals surface area contributed by atoms with Crippen LogP contribution in [0, 0.1) is 5.92 Å². The predicted molar refractivity (Wildman–Crippen MR) is 108 cm³/mol. The van der Waals surface area contributed by atoms with Crippen molar-refractivity contribution >= 4 is 11.6 Å². The first-order valence-electron chi connectivity index (χ1n) is 8.73. The third-order valence-corrected chi connectivity index (χ3v) is 3.81. The van der Waals surface area contributed by atoms with E-state index in [0.29, 0.717) is 18.4 Å². The van der Waals surface area contributed by atoms with Gasteiger partial charge in [-0.15, -0.1) is 18.2 Å². The van der Waals surface area contributed by atoms with Crippen molar-refractivity contribution in [3.63, 3.8) is 0 Å². The smallest absolute Gasteiger partial charge is 0.0723 e. The third-order valence-electron chi connectivity index (χ3n) is 3.34. The van der Waals surface area contributed by atoms with E-state index in [1.54, 1.807) is 12.2 Å². The summed E-state index contributed by atoms with van der Waals surface area (Å²) in [5.74, 6) is 0.470. The normalized spacial score (nSPS) is 25.1. The van der Waals surface area contributed by atoms with Crippen molar-refractivity contribution in [3.8, 4) is 0 Å². The van der Waals surface area contributed by atoms with Crippen LogP contribution in [0.25, 0.3) is 0 Å². The number of likely N-dealkylation sites (N-methyl/N-ethyl adjacent to an activating group) is 1. The monoisotopic (exact) mass is 345 g/mol. The Balaban J connectivity index is -0.000000425. The highest BCUT2D eigenvalue weighted by Gasteiger charge is 2.34. The van der Waals surface area contributed by atoms with Crippen molar-refractivity contribution in [1.82, 2.24) is 4.90 Å². The van der Waals surface area contributed by atoms with E-state index in [9.17, 15) is 5.11 Å². The Morgan fingerprint density at radius 1 is 1.26 bits per heavy atom. The van der Waals surface area contributed by atoms with Crippen LogP contribution in [0.4, 0.5) is 0 Å². The van der Waals surface area contributed by atoms with Gasteiger partial charge < -0.3 is 10.0 Å². The lowest BCUT2D eigenvalue weighted by molar-refractivity contribution is 0.0607. The molecule has 0 radical (unpaired) electrons. The van der Waals surface area contributed by atoms with E-state index in [1.807, 2.05) is 27.8 Å². The molecule has 0 aromatic carbocycles. The van der Waals surface area contributed by atoms with E-state index < -0.39 is 6.10 Å². The molecule has 4 unspecified atom stereocenters. The second kappa shape index (κ2) is 17.6. The molecular weight excluding hydrogens is 306 g/mol. The van der Waals surface area contributed by atoms with Crippen LogP contribution in [0.3, 0.4) is 0 Å². The average molecular weight is 346 g/mol. The van der Waals surface area contributed by atoms with Gasteiger partial charge in [-0.05, 0) is 31.8 Å². The number of halogens is 1. The molecule has 3 heteroatoms. The van der Waals surface area contributed by atoms with Crippen LogP contribution in [-0.2, 0) is 0 Å². The summed E-state index contributed by atoms with van der Waals surface area (Å²) in [5.41, 5.74) is 0.895. The van der Waals surface area contributed by atoms with Crippen LogP contribution in [0.2, 0.25) is 0 Å². The summed E-state index contributed by atoms with van der Waals surface area (Å²) in [7, 11) is 1.99. The van der Waals surface area contributed by atoms with Gasteiger partial charge in [-0.3, -0.25) is 0 Å². The quantitative estimate of drug-likeness (QED) is 0.384. The van der Waals surface area contributed by atoms with E-state index in [4.69, 9.17) is 11.6 Å². The molecule has 0 aliphatic heterocycles. The summed E-state index contributed by atoms with van der Waals surface area (Å²) in [6.07, 6.45) is 5.89. The van der Waals surface area contributed by atoms with Crippen LogP contribution in [0.15, 0.2) is 37.6 Å². The fourth-order valence-corrected chi connectivity index (χ4v) is 2.58. The Bertz CT molecular complexity index is 304. The number of alkyl halides is 1. The number of hydrogen-bond acceptors (Lipinski definition) is 2. The van der Waals surface area contributed by atoms with Gasteiger partial charge in [-0.2, -0.15) is 0 Å². The summed E-state index contributed by atoms with van der Waals surface area (Å²) >= 11 is 6.03. The predicted octanol–water partition coefficient (Wildman–Crippen LogP) is 6.02. The van der Waals surface area contributed by atoms with E-state index in [0.717, 1.165) is 12.1 Å². The molecule has 1 saturated carbocycles. The molecule has 0 amide bonds. The molecule has 1 fully saturated rings. The molecule has 1 N–H and O–H groups in total. The first kappa shape index (κ1) is 27.1. The molecule has 4 atom stereocenters. The maximum Gasteiger partial charge on any atom is 0.0723 e. The van der Waals surface area contributed by atoms with Crippen molar-refractivity contribution in [2.45, 2.75) is 78.3 Å². The summed E-state index contributed by atoms with van der Waals surface area (Å²) in [6.45, 7) is 23.3. The molecule has 0 saturated heterocycles. The average Bonchev–Trinajstić information content (AvgIpc) is 2.53. The molecule has 1 rings (SSSR count). The van der Waals surface area contributed by atoms with Crippen LogP contribution in [0.5, 0.6) is 0 Å². The molecule has 0 aromatic heterocycles. The van der Waals surface area contributed by atoms with Gasteiger partial charge in [0.25, 0.3) is 0 Å². The minimum absolute atomic E-state index is 0.110. The Morgan fingerprint density at radius 2 is 1.65 bits per heavy atom. The summed E-state index contributed by atoms with van der Waals surface area (Å²) in [4.78, 5) is 2.09. The van der Waals surface area contributed by atoms with Crippen molar-refractivity contribution < 1.29 is 5.11 Å². The first-order valence-corrected chi connectivity index (χ1v) is 9.17. The minimum atomic E-state index is -0.409. The highest BCUT2D eigenvalue weighted by atomic mass is 35.5. The second-order valence-electron chi connectivity index (χ2n) is 5.52. The van der Waals surface area contributed by atoms with Crippen molar-refractivity contribution in [2.75, 3.05) is 7.05 Å².